The molecule has 144 valence electrons. The van der Waals surface area contributed by atoms with Crippen LogP contribution in [0.25, 0.3) is 0 Å². The van der Waals surface area contributed by atoms with Crippen LogP contribution in [0.2, 0.25) is 0 Å². The maximum atomic E-state index is 12.6. The van der Waals surface area contributed by atoms with Crippen LogP contribution in [-0.2, 0) is 4.74 Å². The number of carbonyl (C=O) groups is 2. The van der Waals surface area contributed by atoms with Crippen molar-refractivity contribution in [2.24, 2.45) is 5.18 Å². The smallest absolute Gasteiger partial charge is 0.412 e. The van der Waals surface area contributed by atoms with Gasteiger partial charge in [-0.15, -0.1) is 4.91 Å². The molecule has 0 saturated heterocycles. The summed E-state index contributed by atoms with van der Waals surface area (Å²) in [6.45, 7) is 7.42. The number of carbonyl (C=O) groups excluding carboxylic acids is 2. The summed E-state index contributed by atoms with van der Waals surface area (Å²) in [6.07, 6.45) is 0.753. The molecule has 0 bridgehead atoms. The van der Waals surface area contributed by atoms with Crippen LogP contribution in [-0.4, -0.2) is 24.2 Å². The van der Waals surface area contributed by atoms with Crippen molar-refractivity contribution in [1.29, 1.82) is 0 Å². The van der Waals surface area contributed by atoms with Crippen LogP contribution in [0.15, 0.2) is 29.6 Å². The zero-order valence-electron chi connectivity index (χ0n) is 15.4. The molecule has 0 saturated carbocycles. The second-order valence-electron chi connectivity index (χ2n) is 6.37. The predicted octanol–water partition coefficient (Wildman–Crippen LogP) is 3.96. The third-order valence-electron chi connectivity index (χ3n) is 3.02. The quantitative estimate of drug-likeness (QED) is 0.720. The zero-order chi connectivity index (χ0) is 20.0. The Morgan fingerprint density at radius 3 is 2.59 bits per heavy atom. The molecule has 1 aromatic carbocycles. The van der Waals surface area contributed by atoms with Crippen molar-refractivity contribution in [3.05, 3.63) is 34.9 Å². The minimum atomic E-state index is -0.644. The highest BCUT2D eigenvalue weighted by Crippen LogP contribution is 2.27. The molecule has 10 heteroatoms. The number of amides is 2. The second kappa shape index (κ2) is 8.58. The SMILES string of the molecule is CCOc1ccc(NC(=O)OC(C)(C)C)cc1C(=O)Nc1[nH+]cc(N=O)s1. The van der Waals surface area contributed by atoms with E-state index in [1.807, 2.05) is 0 Å². The largest absolute Gasteiger partial charge is 0.493 e. The Bertz CT molecular complexity index is 844. The van der Waals surface area contributed by atoms with E-state index in [-0.39, 0.29) is 10.6 Å². The maximum Gasteiger partial charge on any atom is 0.412 e. The number of benzene rings is 1. The van der Waals surface area contributed by atoms with E-state index in [9.17, 15) is 14.5 Å². The van der Waals surface area contributed by atoms with E-state index >= 15 is 0 Å². The van der Waals surface area contributed by atoms with Crippen LogP contribution in [0.5, 0.6) is 5.75 Å². The van der Waals surface area contributed by atoms with Crippen molar-refractivity contribution in [1.82, 2.24) is 0 Å². The van der Waals surface area contributed by atoms with Gasteiger partial charge >= 0.3 is 17.1 Å². The third-order valence-corrected chi connectivity index (χ3v) is 3.85. The van der Waals surface area contributed by atoms with Crippen molar-refractivity contribution >= 4 is 39.2 Å². The summed E-state index contributed by atoms with van der Waals surface area (Å²) in [5.74, 6) is -0.114. The number of ether oxygens (including phenoxy) is 2. The van der Waals surface area contributed by atoms with Gasteiger partial charge in [-0.3, -0.25) is 5.32 Å². The predicted molar refractivity (Wildman–Crippen MR) is 102 cm³/mol. The number of hydrogen-bond acceptors (Lipinski definition) is 7. The number of H-pyrrole nitrogens is 1. The fourth-order valence-corrected chi connectivity index (χ4v) is 2.68. The number of hydrogen-bond donors (Lipinski definition) is 2. The number of nitrogens with one attached hydrogen (secondary N) is 3. The average Bonchev–Trinajstić information content (AvgIpc) is 3.02. The number of nitroso groups, excluding NO2 is 1. The molecule has 2 aromatic rings. The number of aromatic amines is 1. The molecule has 3 N–H and O–H groups in total. The molecule has 0 aliphatic rings. The maximum absolute atomic E-state index is 12.6. The monoisotopic (exact) mass is 393 g/mol. The van der Waals surface area contributed by atoms with Crippen molar-refractivity contribution in [3.8, 4) is 5.75 Å². The summed E-state index contributed by atoms with van der Waals surface area (Å²) in [5, 5.41) is 8.56. The molecule has 9 nitrogen and oxygen atoms in total. The number of nitrogens with zero attached hydrogens (tertiary/aromatic N) is 1. The fourth-order valence-electron chi connectivity index (χ4n) is 2.06. The van der Waals surface area contributed by atoms with Crippen LogP contribution in [0.1, 0.15) is 38.1 Å². The molecule has 2 amide bonds. The van der Waals surface area contributed by atoms with Crippen molar-refractivity contribution in [3.63, 3.8) is 0 Å². The van der Waals surface area contributed by atoms with Crippen LogP contribution in [0, 0.1) is 4.91 Å². The van der Waals surface area contributed by atoms with E-state index in [1.54, 1.807) is 39.8 Å². The summed E-state index contributed by atoms with van der Waals surface area (Å²) in [6, 6.07) is 4.68. The van der Waals surface area contributed by atoms with Gasteiger partial charge in [0.05, 0.1) is 6.61 Å². The van der Waals surface area contributed by atoms with Crippen molar-refractivity contribution in [2.45, 2.75) is 33.3 Å². The fraction of sp³-hybridized carbons (Fsp3) is 0.353. The van der Waals surface area contributed by atoms with Gasteiger partial charge in [-0.1, -0.05) is 0 Å². The molecule has 27 heavy (non-hydrogen) atoms. The van der Waals surface area contributed by atoms with E-state index < -0.39 is 17.6 Å². The molecule has 1 aromatic heterocycles. The minimum absolute atomic E-state index is 0.204. The number of rotatable bonds is 6. The van der Waals surface area contributed by atoms with Crippen molar-refractivity contribution in [2.75, 3.05) is 17.2 Å². The van der Waals surface area contributed by atoms with E-state index in [0.717, 1.165) is 11.3 Å². The van der Waals surface area contributed by atoms with Crippen LogP contribution >= 0.6 is 11.3 Å². The molecule has 0 unspecified atom stereocenters. The molecule has 0 fully saturated rings. The van der Waals surface area contributed by atoms with E-state index in [2.05, 4.69) is 20.8 Å². The molecule has 0 aliphatic heterocycles. The highest BCUT2D eigenvalue weighted by atomic mass is 32.1. The Balaban J connectivity index is 2.22. The molecule has 0 atom stereocenters. The third kappa shape index (κ3) is 6.03. The lowest BCUT2D eigenvalue weighted by molar-refractivity contribution is -0.353. The lowest BCUT2D eigenvalue weighted by Crippen LogP contribution is -2.27. The summed E-state index contributed by atoms with van der Waals surface area (Å²) >= 11 is 0.999. The van der Waals surface area contributed by atoms with E-state index in [0.29, 0.717) is 23.2 Å². The Kier molecular flexibility index (Phi) is 6.45. The van der Waals surface area contributed by atoms with Gasteiger partial charge in [-0.05, 0) is 62.4 Å². The summed E-state index contributed by atoms with van der Waals surface area (Å²) in [7, 11) is 0. The number of thiazole rings is 1. The molecule has 0 spiro atoms. The first-order chi connectivity index (χ1) is 12.7. The highest BCUT2D eigenvalue weighted by Gasteiger charge is 2.22. The molecule has 0 aliphatic carbocycles. The molecule has 0 radical (unpaired) electrons. The topological polar surface area (TPSA) is 120 Å². The molecular weight excluding hydrogens is 372 g/mol. The van der Waals surface area contributed by atoms with Crippen LogP contribution in [0.3, 0.4) is 0 Å². The van der Waals surface area contributed by atoms with Gasteiger partial charge in [0.15, 0.2) is 0 Å². The summed E-state index contributed by atoms with van der Waals surface area (Å²) in [5.41, 5.74) is -0.0504. The van der Waals surface area contributed by atoms with Gasteiger partial charge in [0.25, 0.3) is 0 Å². The molecule has 2 rings (SSSR count). The summed E-state index contributed by atoms with van der Waals surface area (Å²) < 4.78 is 10.7. The second-order valence-corrected chi connectivity index (χ2v) is 7.41. The first kappa shape index (κ1) is 20.3. The van der Waals surface area contributed by atoms with Crippen LogP contribution < -0.4 is 20.4 Å². The van der Waals surface area contributed by atoms with Gasteiger partial charge in [0.2, 0.25) is 5.00 Å². The summed E-state index contributed by atoms with van der Waals surface area (Å²) in [4.78, 5) is 37.8. The van der Waals surface area contributed by atoms with E-state index in [1.165, 1.54) is 12.3 Å². The minimum Gasteiger partial charge on any atom is -0.493 e. The molecule has 1 heterocycles. The number of aromatic nitrogens is 1. The average molecular weight is 393 g/mol. The van der Waals surface area contributed by atoms with Gasteiger partial charge in [0, 0.05) is 5.69 Å². The van der Waals surface area contributed by atoms with Crippen molar-refractivity contribution < 1.29 is 24.0 Å². The Labute approximate surface area is 160 Å². The Hall–Kier alpha value is -3.01. The van der Waals surface area contributed by atoms with Crippen LogP contribution in [0.4, 0.5) is 20.6 Å². The standard InChI is InChI=1S/C17H20N4O5S/c1-5-25-12-7-6-10(19-16(23)26-17(2,3)4)8-11(12)14(22)20-15-18-9-13(21-24)27-15/h6-9H,5H2,1-4H3,(H,19,23)(H,18,20,22)/p+1. The van der Waals surface area contributed by atoms with Gasteiger partial charge < -0.3 is 9.47 Å². The van der Waals surface area contributed by atoms with Gasteiger partial charge in [0.1, 0.15) is 23.1 Å². The van der Waals surface area contributed by atoms with Gasteiger partial charge in [-0.2, -0.15) is 5.32 Å². The Morgan fingerprint density at radius 2 is 2.00 bits per heavy atom. The normalized spacial score (nSPS) is 10.8. The zero-order valence-corrected chi connectivity index (χ0v) is 16.2. The highest BCUT2D eigenvalue weighted by molar-refractivity contribution is 7.18. The lowest BCUT2D eigenvalue weighted by atomic mass is 10.1. The number of anilines is 2. The van der Waals surface area contributed by atoms with Gasteiger partial charge in [-0.25, -0.2) is 14.6 Å². The molecular formula is C17H21N4O5S+. The lowest BCUT2D eigenvalue weighted by Gasteiger charge is -2.20. The van der Waals surface area contributed by atoms with E-state index in [4.69, 9.17) is 9.47 Å². The first-order valence-corrected chi connectivity index (χ1v) is 8.96. The Morgan fingerprint density at radius 1 is 1.26 bits per heavy atom. The first-order valence-electron chi connectivity index (χ1n) is 8.15.